The second-order valence-corrected chi connectivity index (χ2v) is 5.39. The van der Waals surface area contributed by atoms with Crippen molar-refractivity contribution in [2.24, 2.45) is 0 Å². The molecule has 0 radical (unpaired) electrons. The summed E-state index contributed by atoms with van der Waals surface area (Å²) >= 11 is 3.12. The molecular formula is C13H14BrFN2O2. The van der Waals surface area contributed by atoms with Gasteiger partial charge in [-0.1, -0.05) is 15.9 Å². The fourth-order valence-electron chi connectivity index (χ4n) is 1.59. The van der Waals surface area contributed by atoms with Gasteiger partial charge in [0, 0.05) is 23.5 Å². The van der Waals surface area contributed by atoms with E-state index in [1.54, 1.807) is 6.07 Å². The first-order valence-corrected chi connectivity index (χ1v) is 6.88. The van der Waals surface area contributed by atoms with Crippen LogP contribution in [-0.4, -0.2) is 24.4 Å². The second kappa shape index (κ2) is 6.14. The summed E-state index contributed by atoms with van der Waals surface area (Å²) < 4.78 is 14.1. The molecule has 0 heterocycles. The summed E-state index contributed by atoms with van der Waals surface area (Å²) in [6.07, 6.45) is 2.27. The first-order chi connectivity index (χ1) is 9.06. The summed E-state index contributed by atoms with van der Waals surface area (Å²) in [5.74, 6) is -1.18. The molecule has 1 aromatic rings. The van der Waals surface area contributed by atoms with Gasteiger partial charge in [0.25, 0.3) is 5.91 Å². The lowest BCUT2D eigenvalue weighted by Crippen LogP contribution is -2.32. The van der Waals surface area contributed by atoms with Crippen LogP contribution in [0.25, 0.3) is 0 Å². The van der Waals surface area contributed by atoms with Crippen molar-refractivity contribution in [3.63, 3.8) is 0 Å². The van der Waals surface area contributed by atoms with Crippen LogP contribution < -0.4 is 10.6 Å². The Hall–Kier alpha value is -1.43. The molecule has 1 fully saturated rings. The smallest absolute Gasteiger partial charge is 0.254 e. The zero-order chi connectivity index (χ0) is 13.8. The Morgan fingerprint density at radius 2 is 2.11 bits per heavy atom. The van der Waals surface area contributed by atoms with Crippen molar-refractivity contribution in [1.82, 2.24) is 10.6 Å². The third-order valence-electron chi connectivity index (χ3n) is 2.76. The number of rotatable bonds is 5. The van der Waals surface area contributed by atoms with E-state index in [0.29, 0.717) is 10.5 Å². The Morgan fingerprint density at radius 1 is 1.37 bits per heavy atom. The minimum absolute atomic E-state index is 0.0224. The van der Waals surface area contributed by atoms with Crippen LogP contribution in [0.4, 0.5) is 4.39 Å². The molecule has 2 rings (SSSR count). The minimum atomic E-state index is -0.589. The van der Waals surface area contributed by atoms with Crippen molar-refractivity contribution in [1.29, 1.82) is 0 Å². The number of carbonyl (C=O) groups excluding carboxylic acids is 2. The third kappa shape index (κ3) is 4.31. The average molecular weight is 329 g/mol. The molecule has 0 unspecified atom stereocenters. The molecular weight excluding hydrogens is 315 g/mol. The standard InChI is InChI=1S/C13H14BrFN2O2/c14-8-1-4-10(11(15)7-8)13(19)16-6-5-12(18)17-9-2-3-9/h1,4,7,9H,2-3,5-6H2,(H,16,19)(H,17,18). The normalized spacial score (nSPS) is 14.0. The summed E-state index contributed by atoms with van der Waals surface area (Å²) in [5.41, 5.74) is -0.0224. The van der Waals surface area contributed by atoms with Crippen LogP contribution >= 0.6 is 15.9 Å². The highest BCUT2D eigenvalue weighted by atomic mass is 79.9. The highest BCUT2D eigenvalue weighted by molar-refractivity contribution is 9.10. The number of amides is 2. The molecule has 1 aliphatic carbocycles. The van der Waals surface area contributed by atoms with Gasteiger partial charge in [0.05, 0.1) is 5.56 Å². The predicted octanol–water partition coefficient (Wildman–Crippen LogP) is 1.99. The fourth-order valence-corrected chi connectivity index (χ4v) is 1.92. The second-order valence-electron chi connectivity index (χ2n) is 4.47. The van der Waals surface area contributed by atoms with Gasteiger partial charge in [-0.15, -0.1) is 0 Å². The number of hydrogen-bond donors (Lipinski definition) is 2. The van der Waals surface area contributed by atoms with E-state index in [1.165, 1.54) is 12.1 Å². The van der Waals surface area contributed by atoms with Gasteiger partial charge >= 0.3 is 0 Å². The van der Waals surface area contributed by atoms with Crippen LogP contribution in [0.2, 0.25) is 0 Å². The van der Waals surface area contributed by atoms with Gasteiger partial charge in [0.2, 0.25) is 5.91 Å². The van der Waals surface area contributed by atoms with Crippen LogP contribution in [0, 0.1) is 5.82 Å². The van der Waals surface area contributed by atoms with Gasteiger partial charge in [-0.2, -0.15) is 0 Å². The zero-order valence-corrected chi connectivity index (χ0v) is 11.8. The number of nitrogens with one attached hydrogen (secondary N) is 2. The van der Waals surface area contributed by atoms with E-state index in [9.17, 15) is 14.0 Å². The Balaban J connectivity index is 1.78. The molecule has 1 saturated carbocycles. The van der Waals surface area contributed by atoms with E-state index >= 15 is 0 Å². The quantitative estimate of drug-likeness (QED) is 0.868. The molecule has 1 aromatic carbocycles. The fraction of sp³-hybridized carbons (Fsp3) is 0.385. The van der Waals surface area contributed by atoms with Crippen LogP contribution in [-0.2, 0) is 4.79 Å². The molecule has 102 valence electrons. The molecule has 0 atom stereocenters. The van der Waals surface area contributed by atoms with E-state index < -0.39 is 11.7 Å². The summed E-state index contributed by atoms with van der Waals surface area (Å²) in [6.45, 7) is 0.201. The SMILES string of the molecule is O=C(CCNC(=O)c1ccc(Br)cc1F)NC1CC1. The molecule has 2 amide bonds. The van der Waals surface area contributed by atoms with E-state index in [-0.39, 0.29) is 24.4 Å². The first kappa shape index (κ1) is 14.0. The summed E-state index contributed by atoms with van der Waals surface area (Å²) in [4.78, 5) is 23.1. The maximum atomic E-state index is 13.5. The van der Waals surface area contributed by atoms with Gasteiger partial charge in [-0.3, -0.25) is 9.59 Å². The van der Waals surface area contributed by atoms with E-state index in [0.717, 1.165) is 12.8 Å². The van der Waals surface area contributed by atoms with Crippen molar-refractivity contribution < 1.29 is 14.0 Å². The molecule has 0 saturated heterocycles. The topological polar surface area (TPSA) is 58.2 Å². The Kier molecular flexibility index (Phi) is 4.52. The van der Waals surface area contributed by atoms with E-state index in [4.69, 9.17) is 0 Å². The third-order valence-corrected chi connectivity index (χ3v) is 3.25. The number of hydrogen-bond acceptors (Lipinski definition) is 2. The molecule has 0 spiro atoms. The minimum Gasteiger partial charge on any atom is -0.353 e. The highest BCUT2D eigenvalue weighted by Gasteiger charge is 2.22. The molecule has 2 N–H and O–H groups in total. The van der Waals surface area contributed by atoms with Crippen LogP contribution in [0.3, 0.4) is 0 Å². The van der Waals surface area contributed by atoms with Crippen molar-refractivity contribution in [3.8, 4) is 0 Å². The van der Waals surface area contributed by atoms with Crippen LogP contribution in [0.1, 0.15) is 29.6 Å². The largest absolute Gasteiger partial charge is 0.353 e. The molecule has 0 aromatic heterocycles. The lowest BCUT2D eigenvalue weighted by atomic mass is 10.2. The van der Waals surface area contributed by atoms with E-state index in [1.807, 2.05) is 0 Å². The lowest BCUT2D eigenvalue weighted by molar-refractivity contribution is -0.121. The summed E-state index contributed by atoms with van der Waals surface area (Å²) in [7, 11) is 0. The van der Waals surface area contributed by atoms with Crippen molar-refractivity contribution >= 4 is 27.7 Å². The van der Waals surface area contributed by atoms with Gasteiger partial charge in [0.1, 0.15) is 5.82 Å². The summed E-state index contributed by atoms with van der Waals surface area (Å²) in [5, 5.41) is 5.34. The maximum absolute atomic E-state index is 13.5. The number of benzene rings is 1. The Bertz CT molecular complexity index is 503. The number of halogens is 2. The monoisotopic (exact) mass is 328 g/mol. The van der Waals surface area contributed by atoms with Gasteiger partial charge in [-0.25, -0.2) is 4.39 Å². The molecule has 1 aliphatic rings. The molecule has 4 nitrogen and oxygen atoms in total. The van der Waals surface area contributed by atoms with Gasteiger partial charge < -0.3 is 10.6 Å². The summed E-state index contributed by atoms with van der Waals surface area (Å²) in [6, 6.07) is 4.54. The molecule has 0 aliphatic heterocycles. The Labute approximate surface area is 118 Å². The highest BCUT2D eigenvalue weighted by Crippen LogP contribution is 2.18. The lowest BCUT2D eigenvalue weighted by Gasteiger charge is -2.06. The average Bonchev–Trinajstić information content (AvgIpc) is 3.12. The first-order valence-electron chi connectivity index (χ1n) is 6.09. The number of carbonyl (C=O) groups is 2. The maximum Gasteiger partial charge on any atom is 0.254 e. The zero-order valence-electron chi connectivity index (χ0n) is 10.2. The van der Waals surface area contributed by atoms with Gasteiger partial charge in [-0.05, 0) is 31.0 Å². The van der Waals surface area contributed by atoms with Crippen LogP contribution in [0.5, 0.6) is 0 Å². The van der Waals surface area contributed by atoms with Gasteiger partial charge in [0.15, 0.2) is 0 Å². The predicted molar refractivity (Wildman–Crippen MR) is 72.2 cm³/mol. The van der Waals surface area contributed by atoms with E-state index in [2.05, 4.69) is 26.6 Å². The van der Waals surface area contributed by atoms with Crippen molar-refractivity contribution in [3.05, 3.63) is 34.1 Å². The van der Waals surface area contributed by atoms with Crippen LogP contribution in [0.15, 0.2) is 22.7 Å². The van der Waals surface area contributed by atoms with Crippen molar-refractivity contribution in [2.45, 2.75) is 25.3 Å². The molecule has 19 heavy (non-hydrogen) atoms. The van der Waals surface area contributed by atoms with Crippen molar-refractivity contribution in [2.75, 3.05) is 6.54 Å². The molecule has 0 bridgehead atoms. The Morgan fingerprint density at radius 3 is 2.74 bits per heavy atom. The molecule has 6 heteroatoms.